The Labute approximate surface area is 167 Å². The molecule has 0 aliphatic carbocycles. The van der Waals surface area contributed by atoms with Gasteiger partial charge in [0.05, 0.1) is 16.7 Å². The van der Waals surface area contributed by atoms with Gasteiger partial charge in [-0.3, -0.25) is 0 Å². The molecule has 1 aliphatic rings. The minimum absolute atomic E-state index is 0.112. The molecular weight excluding hydrogens is 378 g/mol. The van der Waals surface area contributed by atoms with Gasteiger partial charge in [0.1, 0.15) is 38.8 Å². The third-order valence-corrected chi connectivity index (χ3v) is 7.88. The van der Waals surface area contributed by atoms with E-state index in [1.165, 1.54) is 15.3 Å². The molecule has 3 N–H and O–H groups in total. The van der Waals surface area contributed by atoms with Crippen LogP contribution in [0.2, 0.25) is 0 Å². The predicted octanol–water partition coefficient (Wildman–Crippen LogP) is 0.101. The standard InChI is InChI=1S/C20H29N3O2S2/c1-3-27(24,25)21-17(2)20(19-10-7-15-26-19)23-13-11-22(12-14-23)16-18-8-5-4-6-9-18/h4-10,15,17,20-21H,3,11-14,16H2,1-2H3/p+2/t17-,20-/m0/s1. The van der Waals surface area contributed by atoms with Crippen LogP contribution in [0.5, 0.6) is 0 Å². The number of nitrogens with one attached hydrogen (secondary N) is 3. The molecule has 0 bridgehead atoms. The number of hydrogen-bond donors (Lipinski definition) is 3. The Balaban J connectivity index is 1.66. The zero-order valence-electron chi connectivity index (χ0n) is 16.1. The number of sulfonamides is 1. The third-order valence-electron chi connectivity index (χ3n) is 5.43. The molecule has 1 aromatic carbocycles. The lowest BCUT2D eigenvalue weighted by Crippen LogP contribution is -3.28. The highest BCUT2D eigenvalue weighted by Gasteiger charge is 2.36. The fourth-order valence-corrected chi connectivity index (χ4v) is 5.86. The fraction of sp³-hybridized carbons (Fsp3) is 0.500. The van der Waals surface area contributed by atoms with E-state index in [1.807, 2.05) is 6.92 Å². The molecule has 27 heavy (non-hydrogen) atoms. The summed E-state index contributed by atoms with van der Waals surface area (Å²) in [6.45, 7) is 9.10. The third kappa shape index (κ3) is 5.62. The number of hydrogen-bond acceptors (Lipinski definition) is 3. The smallest absolute Gasteiger partial charge is 0.211 e. The molecule has 1 fully saturated rings. The molecule has 1 saturated heterocycles. The predicted molar refractivity (Wildman–Crippen MR) is 111 cm³/mol. The van der Waals surface area contributed by atoms with Gasteiger partial charge in [-0.05, 0) is 25.3 Å². The molecular formula is C20H31N3O2S2+2. The van der Waals surface area contributed by atoms with Crippen molar-refractivity contribution in [2.24, 2.45) is 0 Å². The second-order valence-corrected chi connectivity index (χ2v) is 10.4. The number of piperazine rings is 1. The van der Waals surface area contributed by atoms with Crippen LogP contribution in [0, 0.1) is 0 Å². The number of benzene rings is 1. The summed E-state index contributed by atoms with van der Waals surface area (Å²) >= 11 is 1.73. The molecule has 0 amide bonds. The van der Waals surface area contributed by atoms with Crippen molar-refractivity contribution in [2.75, 3.05) is 31.9 Å². The van der Waals surface area contributed by atoms with Crippen LogP contribution in [0.15, 0.2) is 47.8 Å². The van der Waals surface area contributed by atoms with E-state index in [4.69, 9.17) is 0 Å². The maximum absolute atomic E-state index is 12.1. The lowest BCUT2D eigenvalue weighted by Gasteiger charge is -2.36. The molecule has 3 rings (SSSR count). The summed E-state index contributed by atoms with van der Waals surface area (Å²) < 4.78 is 27.1. The Bertz CT molecular complexity index is 786. The second-order valence-electron chi connectivity index (χ2n) is 7.37. The van der Waals surface area contributed by atoms with Crippen molar-refractivity contribution in [3.05, 3.63) is 58.3 Å². The Morgan fingerprint density at radius 3 is 2.37 bits per heavy atom. The Morgan fingerprint density at radius 1 is 1.07 bits per heavy atom. The van der Waals surface area contributed by atoms with Gasteiger partial charge in [-0.25, -0.2) is 13.1 Å². The monoisotopic (exact) mass is 409 g/mol. The van der Waals surface area contributed by atoms with E-state index in [0.717, 1.165) is 32.7 Å². The van der Waals surface area contributed by atoms with Gasteiger partial charge in [0.25, 0.3) is 0 Å². The molecule has 2 heterocycles. The minimum Gasteiger partial charge on any atom is -0.322 e. The molecule has 0 saturated carbocycles. The first-order valence-corrected chi connectivity index (χ1v) is 12.3. The maximum Gasteiger partial charge on any atom is 0.211 e. The van der Waals surface area contributed by atoms with E-state index in [-0.39, 0.29) is 17.8 Å². The Kier molecular flexibility index (Phi) is 7.05. The molecule has 0 spiro atoms. The summed E-state index contributed by atoms with van der Waals surface area (Å²) in [4.78, 5) is 4.36. The van der Waals surface area contributed by atoms with Crippen LogP contribution in [0.3, 0.4) is 0 Å². The summed E-state index contributed by atoms with van der Waals surface area (Å²) in [5.41, 5.74) is 1.38. The molecule has 2 atom stereocenters. The van der Waals surface area contributed by atoms with E-state index >= 15 is 0 Å². The van der Waals surface area contributed by atoms with Gasteiger partial charge in [-0.2, -0.15) is 0 Å². The van der Waals surface area contributed by atoms with Crippen LogP contribution < -0.4 is 14.5 Å². The normalized spacial score (nSPS) is 23.0. The van der Waals surface area contributed by atoms with Crippen LogP contribution in [0.1, 0.15) is 30.3 Å². The van der Waals surface area contributed by atoms with Gasteiger partial charge in [-0.15, -0.1) is 11.3 Å². The zero-order chi connectivity index (χ0) is 19.3. The first kappa shape index (κ1) is 20.5. The highest BCUT2D eigenvalue weighted by molar-refractivity contribution is 7.89. The van der Waals surface area contributed by atoms with Gasteiger partial charge in [0.2, 0.25) is 10.0 Å². The SMILES string of the molecule is CCS(=O)(=O)N[C@@H](C)[C@@H](c1cccs1)[NH+]1CC[NH+](Cc2ccccc2)CC1. The van der Waals surface area contributed by atoms with Crippen LogP contribution in [0.25, 0.3) is 0 Å². The molecule has 0 radical (unpaired) electrons. The lowest BCUT2D eigenvalue weighted by atomic mass is 10.1. The van der Waals surface area contributed by atoms with Gasteiger partial charge in [0, 0.05) is 5.56 Å². The topological polar surface area (TPSA) is 55.0 Å². The van der Waals surface area contributed by atoms with E-state index in [9.17, 15) is 8.42 Å². The number of rotatable bonds is 8. The van der Waals surface area contributed by atoms with E-state index in [2.05, 4.69) is 52.6 Å². The van der Waals surface area contributed by atoms with Crippen molar-refractivity contribution in [3.63, 3.8) is 0 Å². The van der Waals surface area contributed by atoms with E-state index in [0.29, 0.717) is 0 Å². The van der Waals surface area contributed by atoms with E-state index in [1.54, 1.807) is 23.2 Å². The highest BCUT2D eigenvalue weighted by Crippen LogP contribution is 2.20. The molecule has 2 aromatic rings. The molecule has 7 heteroatoms. The number of quaternary nitrogens is 2. The summed E-state index contributed by atoms with van der Waals surface area (Å²) in [5.74, 6) is 0.124. The van der Waals surface area contributed by atoms with Crippen LogP contribution in [0.4, 0.5) is 0 Å². The molecule has 5 nitrogen and oxygen atoms in total. The summed E-state index contributed by atoms with van der Waals surface area (Å²) in [7, 11) is -3.21. The summed E-state index contributed by atoms with van der Waals surface area (Å²) in [6, 6.07) is 14.9. The van der Waals surface area contributed by atoms with Crippen molar-refractivity contribution < 1.29 is 18.2 Å². The van der Waals surface area contributed by atoms with Gasteiger partial charge in [0.15, 0.2) is 0 Å². The van der Waals surface area contributed by atoms with Crippen molar-refractivity contribution in [1.29, 1.82) is 0 Å². The average Bonchev–Trinajstić information content (AvgIpc) is 3.18. The number of thiophene rings is 1. The van der Waals surface area contributed by atoms with Crippen molar-refractivity contribution in [3.8, 4) is 0 Å². The Hall–Kier alpha value is -1.25. The van der Waals surface area contributed by atoms with Gasteiger partial charge < -0.3 is 9.80 Å². The maximum atomic E-state index is 12.1. The molecule has 1 aromatic heterocycles. The van der Waals surface area contributed by atoms with E-state index < -0.39 is 10.0 Å². The summed E-state index contributed by atoms with van der Waals surface area (Å²) in [6.07, 6.45) is 0. The summed E-state index contributed by atoms with van der Waals surface area (Å²) in [5, 5.41) is 2.08. The van der Waals surface area contributed by atoms with Crippen LogP contribution in [-0.2, 0) is 16.6 Å². The largest absolute Gasteiger partial charge is 0.322 e. The molecule has 0 unspecified atom stereocenters. The fourth-order valence-electron chi connectivity index (χ4n) is 4.00. The van der Waals surface area contributed by atoms with Crippen molar-refractivity contribution >= 4 is 21.4 Å². The molecule has 1 aliphatic heterocycles. The first-order valence-electron chi connectivity index (χ1n) is 9.74. The second kappa shape index (κ2) is 9.30. The van der Waals surface area contributed by atoms with Gasteiger partial charge >= 0.3 is 0 Å². The molecule has 148 valence electrons. The minimum atomic E-state index is -3.21. The van der Waals surface area contributed by atoms with Crippen LogP contribution >= 0.6 is 11.3 Å². The van der Waals surface area contributed by atoms with Gasteiger partial charge in [-0.1, -0.05) is 36.4 Å². The van der Waals surface area contributed by atoms with Crippen LogP contribution in [-0.4, -0.2) is 46.4 Å². The zero-order valence-corrected chi connectivity index (χ0v) is 17.8. The first-order chi connectivity index (χ1) is 13.0. The van der Waals surface area contributed by atoms with Crippen molar-refractivity contribution in [1.82, 2.24) is 4.72 Å². The quantitative estimate of drug-likeness (QED) is 0.579. The van der Waals surface area contributed by atoms with Crippen molar-refractivity contribution in [2.45, 2.75) is 32.5 Å². The lowest BCUT2D eigenvalue weighted by molar-refractivity contribution is -1.03. The highest BCUT2D eigenvalue weighted by atomic mass is 32.2. The Morgan fingerprint density at radius 2 is 1.78 bits per heavy atom. The average molecular weight is 410 g/mol.